The lowest BCUT2D eigenvalue weighted by atomic mass is 9.82. The third-order valence-corrected chi connectivity index (χ3v) is 13.4. The van der Waals surface area contributed by atoms with Crippen LogP contribution in [0.1, 0.15) is 25.0 Å². The van der Waals surface area contributed by atoms with Gasteiger partial charge in [-0.05, 0) is 133 Å². The van der Waals surface area contributed by atoms with Crippen molar-refractivity contribution in [3.63, 3.8) is 0 Å². The van der Waals surface area contributed by atoms with Gasteiger partial charge in [0.25, 0.3) is 0 Å². The van der Waals surface area contributed by atoms with E-state index < -0.39 is 0 Å². The van der Waals surface area contributed by atoms with E-state index in [1.807, 2.05) is 0 Å². The Balaban J connectivity index is 0.893. The average Bonchev–Trinajstić information content (AvgIpc) is 3.80. The van der Waals surface area contributed by atoms with Crippen molar-refractivity contribution < 1.29 is 0 Å². The maximum Gasteiger partial charge on any atom is 0.0541 e. The minimum absolute atomic E-state index is 0.103. The number of hydrogen-bond acceptors (Lipinski definition) is 1. The number of benzene rings is 10. The van der Waals surface area contributed by atoms with Crippen molar-refractivity contribution in [3.05, 3.63) is 242 Å². The van der Waals surface area contributed by atoms with Crippen LogP contribution in [-0.2, 0) is 5.41 Å². The zero-order valence-electron chi connectivity index (χ0n) is 35.3. The molecule has 298 valence electrons. The summed E-state index contributed by atoms with van der Waals surface area (Å²) < 4.78 is 2.37. The van der Waals surface area contributed by atoms with Crippen LogP contribution in [0.5, 0.6) is 0 Å². The van der Waals surface area contributed by atoms with Crippen molar-refractivity contribution in [3.8, 4) is 50.2 Å². The fraction of sp³-hybridized carbons (Fsp3) is 0.0492. The predicted molar refractivity (Wildman–Crippen MR) is 267 cm³/mol. The quantitative estimate of drug-likeness (QED) is 0.156. The molecule has 0 unspecified atom stereocenters. The van der Waals surface area contributed by atoms with Crippen LogP contribution in [0.25, 0.3) is 82.8 Å². The third-order valence-electron chi connectivity index (χ3n) is 13.4. The number of aromatic nitrogens is 1. The molecule has 0 N–H and O–H groups in total. The molecule has 0 bridgehead atoms. The van der Waals surface area contributed by atoms with Gasteiger partial charge >= 0.3 is 0 Å². The number of anilines is 3. The summed E-state index contributed by atoms with van der Waals surface area (Å²) in [7, 11) is 0. The highest BCUT2D eigenvalue weighted by atomic mass is 15.1. The summed E-state index contributed by atoms with van der Waals surface area (Å²) in [6, 6.07) is 84.5. The average molecular weight is 805 g/mol. The third kappa shape index (κ3) is 6.09. The fourth-order valence-electron chi connectivity index (χ4n) is 10.2. The topological polar surface area (TPSA) is 8.17 Å². The van der Waals surface area contributed by atoms with Crippen LogP contribution >= 0.6 is 0 Å². The highest BCUT2D eigenvalue weighted by Gasteiger charge is 2.35. The molecule has 0 fully saturated rings. The second kappa shape index (κ2) is 14.6. The first-order chi connectivity index (χ1) is 31.0. The maximum absolute atomic E-state index is 2.41. The predicted octanol–water partition coefficient (Wildman–Crippen LogP) is 16.7. The molecule has 1 aliphatic carbocycles. The van der Waals surface area contributed by atoms with Crippen LogP contribution in [0.3, 0.4) is 0 Å². The monoisotopic (exact) mass is 804 g/mol. The molecule has 2 heteroatoms. The van der Waals surface area contributed by atoms with Gasteiger partial charge < -0.3 is 9.47 Å². The molecule has 63 heavy (non-hydrogen) atoms. The number of rotatable bonds is 7. The SMILES string of the molecule is CC1(C)c2ccccc2-c2ccc(N(c3ccc(-c4ccc(-c5ccc6c(c5)c5ccccc5n6-c5ccccc5)cc4)cc3)c3ccc(-c4cccc5ccccc45)cc3)cc21. The van der Waals surface area contributed by atoms with Crippen LogP contribution in [0.4, 0.5) is 17.1 Å². The van der Waals surface area contributed by atoms with Crippen molar-refractivity contribution in [1.29, 1.82) is 0 Å². The number of fused-ring (bicyclic) bond motifs is 7. The first kappa shape index (κ1) is 36.9. The second-order valence-corrected chi connectivity index (χ2v) is 17.4. The van der Waals surface area contributed by atoms with Crippen LogP contribution in [0.15, 0.2) is 231 Å². The van der Waals surface area contributed by atoms with Crippen LogP contribution in [0, 0.1) is 0 Å². The molecule has 1 aliphatic rings. The Kier molecular flexibility index (Phi) is 8.55. The maximum atomic E-state index is 2.41. The molecule has 0 radical (unpaired) electrons. The van der Waals surface area contributed by atoms with Gasteiger partial charge in [-0.3, -0.25) is 0 Å². The van der Waals surface area contributed by atoms with E-state index >= 15 is 0 Å². The van der Waals surface area contributed by atoms with Gasteiger partial charge in [0.05, 0.1) is 11.0 Å². The van der Waals surface area contributed by atoms with E-state index in [-0.39, 0.29) is 5.41 Å². The van der Waals surface area contributed by atoms with Crippen molar-refractivity contribution in [2.24, 2.45) is 0 Å². The van der Waals surface area contributed by atoms with E-state index in [0.29, 0.717) is 0 Å². The molecular weight excluding hydrogens is 761 g/mol. The molecule has 0 saturated carbocycles. The minimum atomic E-state index is -0.103. The van der Waals surface area contributed by atoms with E-state index in [2.05, 4.69) is 254 Å². The van der Waals surface area contributed by atoms with Crippen molar-refractivity contribution in [2.75, 3.05) is 4.90 Å². The van der Waals surface area contributed by atoms with Gasteiger partial charge in [-0.15, -0.1) is 0 Å². The Hall–Kier alpha value is -7.94. The van der Waals surface area contributed by atoms with E-state index in [1.54, 1.807) is 0 Å². The van der Waals surface area contributed by atoms with E-state index in [9.17, 15) is 0 Å². The summed E-state index contributed by atoms with van der Waals surface area (Å²) in [5, 5.41) is 5.04. The lowest BCUT2D eigenvalue weighted by Crippen LogP contribution is -2.16. The lowest BCUT2D eigenvalue weighted by molar-refractivity contribution is 0.660. The van der Waals surface area contributed by atoms with E-state index in [0.717, 1.165) is 17.1 Å². The largest absolute Gasteiger partial charge is 0.310 e. The van der Waals surface area contributed by atoms with Gasteiger partial charge in [0.1, 0.15) is 0 Å². The Labute approximate surface area is 368 Å². The summed E-state index contributed by atoms with van der Waals surface area (Å²) in [4.78, 5) is 2.41. The number of nitrogens with zero attached hydrogens (tertiary/aromatic N) is 2. The lowest BCUT2D eigenvalue weighted by Gasteiger charge is -2.28. The van der Waals surface area contributed by atoms with Crippen molar-refractivity contribution >= 4 is 49.6 Å². The summed E-state index contributed by atoms with van der Waals surface area (Å²) in [5.41, 5.74) is 19.5. The normalized spacial score (nSPS) is 12.7. The molecule has 0 amide bonds. The van der Waals surface area contributed by atoms with Gasteiger partial charge in [-0.25, -0.2) is 0 Å². The van der Waals surface area contributed by atoms with Crippen molar-refractivity contribution in [2.45, 2.75) is 19.3 Å². The molecule has 11 aromatic rings. The van der Waals surface area contributed by atoms with Gasteiger partial charge in [0, 0.05) is 38.9 Å². The van der Waals surface area contributed by atoms with Crippen LogP contribution < -0.4 is 4.90 Å². The first-order valence-corrected chi connectivity index (χ1v) is 21.9. The van der Waals surface area contributed by atoms with E-state index in [4.69, 9.17) is 0 Å². The van der Waals surface area contributed by atoms with Crippen molar-refractivity contribution in [1.82, 2.24) is 4.57 Å². The standard InChI is InChI=1S/C61H44N2/c1-61(2)57-21-10-8-18-53(57)54-37-36-50(40-58(54)61)62(49-34-29-45(30-35-49)52-20-12-14-44-13-6-7-17-51(44)52)48-32-27-42(28-33-48)41-23-25-43(26-24-41)46-31-38-60-56(39-46)55-19-9-11-22-59(55)63(60)47-15-4-3-5-16-47/h3-40H,1-2H3. The Morgan fingerprint density at radius 3 is 1.62 bits per heavy atom. The summed E-state index contributed by atoms with van der Waals surface area (Å²) in [6.45, 7) is 4.71. The van der Waals surface area contributed by atoms with Gasteiger partial charge in [0.15, 0.2) is 0 Å². The molecule has 0 saturated heterocycles. The summed E-state index contributed by atoms with van der Waals surface area (Å²) in [5.74, 6) is 0. The van der Waals surface area contributed by atoms with E-state index in [1.165, 1.54) is 93.9 Å². The molecule has 0 aliphatic heterocycles. The Bertz CT molecular complexity index is 3500. The number of hydrogen-bond donors (Lipinski definition) is 0. The molecule has 0 atom stereocenters. The van der Waals surface area contributed by atoms with Gasteiger partial charge in [-0.1, -0.05) is 178 Å². The molecule has 1 aromatic heterocycles. The molecular formula is C61H44N2. The molecule has 10 aromatic carbocycles. The summed E-state index contributed by atoms with van der Waals surface area (Å²) >= 11 is 0. The van der Waals surface area contributed by atoms with Gasteiger partial charge in [0.2, 0.25) is 0 Å². The second-order valence-electron chi connectivity index (χ2n) is 17.4. The fourth-order valence-corrected chi connectivity index (χ4v) is 10.2. The zero-order chi connectivity index (χ0) is 42.1. The molecule has 12 rings (SSSR count). The molecule has 2 nitrogen and oxygen atoms in total. The van der Waals surface area contributed by atoms with Crippen LogP contribution in [0.2, 0.25) is 0 Å². The minimum Gasteiger partial charge on any atom is -0.310 e. The first-order valence-electron chi connectivity index (χ1n) is 21.9. The summed E-state index contributed by atoms with van der Waals surface area (Å²) in [6.07, 6.45) is 0. The van der Waals surface area contributed by atoms with Crippen LogP contribution in [-0.4, -0.2) is 4.57 Å². The van der Waals surface area contributed by atoms with Gasteiger partial charge in [-0.2, -0.15) is 0 Å². The Morgan fingerprint density at radius 1 is 0.333 bits per heavy atom. The highest BCUT2D eigenvalue weighted by molar-refractivity contribution is 6.10. The highest BCUT2D eigenvalue weighted by Crippen LogP contribution is 2.51. The Morgan fingerprint density at radius 2 is 0.857 bits per heavy atom. The zero-order valence-corrected chi connectivity index (χ0v) is 35.3. The smallest absolute Gasteiger partial charge is 0.0541 e. The number of para-hydroxylation sites is 2. The molecule has 0 spiro atoms. The molecule has 1 heterocycles.